The van der Waals surface area contributed by atoms with E-state index in [0.717, 1.165) is 12.1 Å². The number of nitrogen functional groups attached to an aromatic ring is 1. The molecule has 1 aromatic heterocycles. The average molecular weight is 299 g/mol. The molecule has 0 aliphatic rings. The highest BCUT2D eigenvalue weighted by atomic mass is 19.4. The van der Waals surface area contributed by atoms with E-state index in [1.54, 1.807) is 0 Å². The molecule has 0 bridgehead atoms. The van der Waals surface area contributed by atoms with Crippen molar-refractivity contribution < 1.29 is 22.4 Å². The van der Waals surface area contributed by atoms with Crippen LogP contribution in [0.5, 0.6) is 0 Å². The van der Waals surface area contributed by atoms with Crippen LogP contribution in [0, 0.1) is 5.82 Å². The van der Waals surface area contributed by atoms with Gasteiger partial charge in [-0.3, -0.25) is 4.79 Å². The fourth-order valence-electron chi connectivity index (χ4n) is 1.60. The van der Waals surface area contributed by atoms with Gasteiger partial charge in [0.25, 0.3) is 5.91 Å². The van der Waals surface area contributed by atoms with Gasteiger partial charge in [0.05, 0.1) is 23.0 Å². The summed E-state index contributed by atoms with van der Waals surface area (Å²) in [6.07, 6.45) is -3.66. The minimum absolute atomic E-state index is 0.186. The molecule has 1 aromatic carbocycles. The van der Waals surface area contributed by atoms with E-state index in [-0.39, 0.29) is 11.5 Å². The normalized spacial score (nSPS) is 11.2. The number of benzene rings is 1. The van der Waals surface area contributed by atoms with Crippen LogP contribution in [0.3, 0.4) is 0 Å². The second-order valence-corrected chi connectivity index (χ2v) is 4.09. The molecule has 0 aliphatic heterocycles. The number of pyridine rings is 1. The Morgan fingerprint density at radius 3 is 2.48 bits per heavy atom. The van der Waals surface area contributed by atoms with Gasteiger partial charge in [0.1, 0.15) is 11.6 Å². The lowest BCUT2D eigenvalue weighted by atomic mass is 10.1. The van der Waals surface area contributed by atoms with Crippen LogP contribution < -0.4 is 11.1 Å². The van der Waals surface area contributed by atoms with E-state index in [1.165, 1.54) is 18.3 Å². The first-order valence-electron chi connectivity index (χ1n) is 5.67. The van der Waals surface area contributed by atoms with Crippen LogP contribution in [0.2, 0.25) is 0 Å². The summed E-state index contributed by atoms with van der Waals surface area (Å²) in [7, 11) is 0. The Labute approximate surface area is 116 Å². The number of anilines is 2. The predicted molar refractivity (Wildman–Crippen MR) is 68.0 cm³/mol. The van der Waals surface area contributed by atoms with Gasteiger partial charge in [-0.15, -0.1) is 0 Å². The van der Waals surface area contributed by atoms with Gasteiger partial charge in [0.2, 0.25) is 0 Å². The molecule has 0 fully saturated rings. The Kier molecular flexibility index (Phi) is 3.79. The van der Waals surface area contributed by atoms with Crippen molar-refractivity contribution >= 4 is 17.4 Å². The zero-order valence-corrected chi connectivity index (χ0v) is 10.4. The number of hydrogen-bond donors (Lipinski definition) is 2. The molecule has 1 heterocycles. The van der Waals surface area contributed by atoms with Crippen LogP contribution in [0.1, 0.15) is 15.9 Å². The number of carbonyl (C=O) groups excluding carboxylic acids is 1. The third kappa shape index (κ3) is 3.28. The van der Waals surface area contributed by atoms with Crippen LogP contribution >= 0.6 is 0 Å². The Morgan fingerprint density at radius 2 is 1.90 bits per heavy atom. The summed E-state index contributed by atoms with van der Waals surface area (Å²) in [6.45, 7) is 0. The summed E-state index contributed by atoms with van der Waals surface area (Å²) < 4.78 is 51.5. The largest absolute Gasteiger partial charge is 0.419 e. The molecule has 0 radical (unpaired) electrons. The molecule has 110 valence electrons. The minimum atomic E-state index is -4.87. The van der Waals surface area contributed by atoms with E-state index >= 15 is 0 Å². The van der Waals surface area contributed by atoms with Gasteiger partial charge in [-0.2, -0.15) is 13.2 Å². The molecule has 0 saturated heterocycles. The first kappa shape index (κ1) is 14.8. The Bertz CT molecular complexity index is 668. The molecule has 0 unspecified atom stereocenters. The van der Waals surface area contributed by atoms with Crippen molar-refractivity contribution in [2.24, 2.45) is 0 Å². The van der Waals surface area contributed by atoms with Crippen LogP contribution in [0.15, 0.2) is 36.5 Å². The smallest absolute Gasteiger partial charge is 0.384 e. The third-order valence-electron chi connectivity index (χ3n) is 2.59. The predicted octanol–water partition coefficient (Wildman–Crippen LogP) is 3.07. The molecule has 4 nitrogen and oxygen atoms in total. The Hall–Kier alpha value is -2.64. The van der Waals surface area contributed by atoms with Gasteiger partial charge >= 0.3 is 6.18 Å². The van der Waals surface area contributed by atoms with E-state index < -0.39 is 29.0 Å². The average Bonchev–Trinajstić information content (AvgIpc) is 2.40. The summed E-state index contributed by atoms with van der Waals surface area (Å²) in [4.78, 5) is 15.5. The Morgan fingerprint density at radius 1 is 1.19 bits per heavy atom. The number of alkyl halides is 3. The van der Waals surface area contributed by atoms with Crippen molar-refractivity contribution in [1.29, 1.82) is 0 Å². The van der Waals surface area contributed by atoms with Crippen molar-refractivity contribution in [2.45, 2.75) is 6.18 Å². The van der Waals surface area contributed by atoms with E-state index in [0.29, 0.717) is 6.07 Å². The standard InChI is InChI=1S/C13H9F4N3O/c14-11-8(2-1-3-9(11)13(15,16)17)12(21)20-7-4-5-10(18)19-6-7/h1-6H,(H2,18,19)(H,20,21). The van der Waals surface area contributed by atoms with Crippen molar-refractivity contribution in [1.82, 2.24) is 4.98 Å². The maximum atomic E-state index is 13.8. The molecular formula is C13H9F4N3O. The number of hydrogen-bond acceptors (Lipinski definition) is 3. The summed E-state index contributed by atoms with van der Waals surface area (Å²) in [5.41, 5.74) is 3.34. The molecule has 21 heavy (non-hydrogen) atoms. The number of rotatable bonds is 2. The fourth-order valence-corrected chi connectivity index (χ4v) is 1.60. The fraction of sp³-hybridized carbons (Fsp3) is 0.0769. The van der Waals surface area contributed by atoms with Gasteiger partial charge < -0.3 is 11.1 Å². The molecule has 0 saturated carbocycles. The monoisotopic (exact) mass is 299 g/mol. The maximum Gasteiger partial charge on any atom is 0.419 e. The third-order valence-corrected chi connectivity index (χ3v) is 2.59. The molecule has 2 aromatic rings. The van der Waals surface area contributed by atoms with Gasteiger partial charge in [-0.25, -0.2) is 9.37 Å². The second kappa shape index (κ2) is 5.39. The van der Waals surface area contributed by atoms with E-state index in [4.69, 9.17) is 5.73 Å². The summed E-state index contributed by atoms with van der Waals surface area (Å²) in [5.74, 6) is -2.42. The SMILES string of the molecule is Nc1ccc(NC(=O)c2cccc(C(F)(F)F)c2F)cn1. The highest BCUT2D eigenvalue weighted by Gasteiger charge is 2.35. The number of carbonyl (C=O) groups is 1. The summed E-state index contributed by atoms with van der Waals surface area (Å²) >= 11 is 0. The highest BCUT2D eigenvalue weighted by Crippen LogP contribution is 2.32. The number of amides is 1. The minimum Gasteiger partial charge on any atom is -0.384 e. The lowest BCUT2D eigenvalue weighted by molar-refractivity contribution is -0.140. The molecule has 0 atom stereocenters. The summed E-state index contributed by atoms with van der Waals surface area (Å²) in [5, 5.41) is 2.24. The topological polar surface area (TPSA) is 68.0 Å². The number of aromatic nitrogens is 1. The van der Waals surface area contributed by atoms with Crippen molar-refractivity contribution in [3.8, 4) is 0 Å². The zero-order chi connectivity index (χ0) is 15.6. The van der Waals surface area contributed by atoms with Crippen molar-refractivity contribution in [2.75, 3.05) is 11.1 Å². The molecule has 0 spiro atoms. The van der Waals surface area contributed by atoms with Crippen LogP contribution in [-0.4, -0.2) is 10.9 Å². The quantitative estimate of drug-likeness (QED) is 0.837. The number of halogens is 4. The van der Waals surface area contributed by atoms with E-state index in [2.05, 4.69) is 10.3 Å². The molecule has 0 aliphatic carbocycles. The van der Waals surface area contributed by atoms with Crippen molar-refractivity contribution in [3.63, 3.8) is 0 Å². The first-order valence-corrected chi connectivity index (χ1v) is 5.67. The zero-order valence-electron chi connectivity index (χ0n) is 10.4. The molecule has 1 amide bonds. The van der Waals surface area contributed by atoms with Crippen LogP contribution in [-0.2, 0) is 6.18 Å². The van der Waals surface area contributed by atoms with E-state index in [1.807, 2.05) is 0 Å². The van der Waals surface area contributed by atoms with E-state index in [9.17, 15) is 22.4 Å². The lowest BCUT2D eigenvalue weighted by Gasteiger charge is -2.11. The summed E-state index contributed by atoms with van der Waals surface area (Å²) in [6, 6.07) is 5.27. The second-order valence-electron chi connectivity index (χ2n) is 4.09. The Balaban J connectivity index is 2.30. The van der Waals surface area contributed by atoms with Crippen LogP contribution in [0.4, 0.5) is 29.1 Å². The lowest BCUT2D eigenvalue weighted by Crippen LogP contribution is -2.17. The van der Waals surface area contributed by atoms with Gasteiger partial charge in [0, 0.05) is 0 Å². The molecule has 2 rings (SSSR count). The molecule has 3 N–H and O–H groups in total. The van der Waals surface area contributed by atoms with Gasteiger partial charge in [-0.1, -0.05) is 6.07 Å². The number of nitrogens with two attached hydrogens (primary N) is 1. The first-order chi connectivity index (χ1) is 9.79. The molecular weight excluding hydrogens is 290 g/mol. The van der Waals surface area contributed by atoms with Crippen LogP contribution in [0.25, 0.3) is 0 Å². The number of nitrogens with zero attached hydrogens (tertiary/aromatic N) is 1. The maximum absolute atomic E-state index is 13.8. The highest BCUT2D eigenvalue weighted by molar-refractivity contribution is 6.04. The van der Waals surface area contributed by atoms with Crippen molar-refractivity contribution in [3.05, 3.63) is 53.5 Å². The molecule has 8 heteroatoms. The van der Waals surface area contributed by atoms with Gasteiger partial charge in [0.15, 0.2) is 0 Å². The number of nitrogens with one attached hydrogen (secondary N) is 1. The van der Waals surface area contributed by atoms with Gasteiger partial charge in [-0.05, 0) is 24.3 Å².